The molecule has 0 spiro atoms. The number of esters is 1. The van der Waals surface area contributed by atoms with Crippen LogP contribution in [0.15, 0.2) is 0 Å². The number of ether oxygens (including phenoxy) is 1. The second-order valence-corrected chi connectivity index (χ2v) is 4.87. The summed E-state index contributed by atoms with van der Waals surface area (Å²) in [5.74, 6) is -2.31. The Kier molecular flexibility index (Phi) is 4.08. The topological polar surface area (TPSA) is 63.6 Å². The Morgan fingerprint density at radius 2 is 1.85 bits per heavy atom. The standard InChI is InChI=1S/C15H29NO4/c1-5-6-7-8-9-10-15(19)20-13(11-14(17)18)12-16(2,3)4/h13H,5-12H2,1-4H3/p+1/t13-/m1/s1/i2D3,3D3,4D3. The van der Waals surface area contributed by atoms with E-state index in [4.69, 9.17) is 22.2 Å². The molecule has 0 aromatic carbocycles. The number of carboxylic acid groups (broad SMARTS) is 1. The van der Waals surface area contributed by atoms with Crippen LogP contribution in [-0.4, -0.2) is 55.1 Å². The largest absolute Gasteiger partial charge is 0.481 e. The maximum Gasteiger partial charge on any atom is 0.307 e. The Hall–Kier alpha value is -1.10. The third kappa shape index (κ3) is 12.0. The van der Waals surface area contributed by atoms with E-state index in [1.165, 1.54) is 0 Å². The summed E-state index contributed by atoms with van der Waals surface area (Å²) in [4.78, 5) is 23.2. The summed E-state index contributed by atoms with van der Waals surface area (Å²) in [6.07, 6.45) is 1.41. The molecule has 5 heteroatoms. The van der Waals surface area contributed by atoms with Crippen LogP contribution in [0.5, 0.6) is 0 Å². The molecule has 0 unspecified atom stereocenters. The lowest BCUT2D eigenvalue weighted by molar-refractivity contribution is -0.873. The van der Waals surface area contributed by atoms with Crippen molar-refractivity contribution in [3.63, 3.8) is 0 Å². The molecule has 0 saturated heterocycles. The highest BCUT2D eigenvalue weighted by Gasteiger charge is 2.24. The molecule has 0 aliphatic rings. The summed E-state index contributed by atoms with van der Waals surface area (Å²) < 4.78 is 70.9. The summed E-state index contributed by atoms with van der Waals surface area (Å²) in [7, 11) is 0. The Bertz CT molecular complexity index is 507. The van der Waals surface area contributed by atoms with Crippen LogP contribution in [0.4, 0.5) is 0 Å². The van der Waals surface area contributed by atoms with E-state index < -0.39 is 56.4 Å². The van der Waals surface area contributed by atoms with Gasteiger partial charge in [-0.3, -0.25) is 9.59 Å². The lowest BCUT2D eigenvalue weighted by Crippen LogP contribution is -2.43. The Morgan fingerprint density at radius 3 is 2.40 bits per heavy atom. The van der Waals surface area contributed by atoms with Gasteiger partial charge in [0.2, 0.25) is 0 Å². The fourth-order valence-electron chi connectivity index (χ4n) is 1.76. The summed E-state index contributed by atoms with van der Waals surface area (Å²) in [5, 5.41) is 9.06. The van der Waals surface area contributed by atoms with E-state index in [0.29, 0.717) is 6.42 Å². The Labute approximate surface area is 135 Å². The highest BCUT2D eigenvalue weighted by molar-refractivity contribution is 5.71. The van der Waals surface area contributed by atoms with Crippen LogP contribution >= 0.6 is 0 Å². The number of carbonyl (C=O) groups is 2. The number of nitrogens with zero attached hydrogens (tertiary/aromatic N) is 1. The molecule has 0 heterocycles. The third-order valence-electron chi connectivity index (χ3n) is 2.66. The molecule has 118 valence electrons. The molecule has 0 radical (unpaired) electrons. The van der Waals surface area contributed by atoms with Crippen molar-refractivity contribution in [2.24, 2.45) is 0 Å². The highest BCUT2D eigenvalue weighted by atomic mass is 16.5. The second-order valence-electron chi connectivity index (χ2n) is 4.87. The van der Waals surface area contributed by atoms with Gasteiger partial charge >= 0.3 is 11.9 Å². The first kappa shape index (κ1) is 8.37. The summed E-state index contributed by atoms with van der Waals surface area (Å²) in [6.45, 7) is -9.81. The van der Waals surface area contributed by atoms with Gasteiger partial charge in [0.15, 0.2) is 6.10 Å². The van der Waals surface area contributed by atoms with Crippen molar-refractivity contribution in [2.75, 3.05) is 27.5 Å². The van der Waals surface area contributed by atoms with Crippen LogP contribution in [0.25, 0.3) is 0 Å². The monoisotopic (exact) mass is 297 g/mol. The first-order valence-electron chi connectivity index (χ1n) is 11.3. The summed E-state index contributed by atoms with van der Waals surface area (Å²) in [5.41, 5.74) is 0. The molecule has 1 N–H and O–H groups in total. The van der Waals surface area contributed by atoms with Crippen molar-refractivity contribution in [1.29, 1.82) is 0 Å². The molecule has 0 rings (SSSR count). The molecule has 0 aliphatic carbocycles. The van der Waals surface area contributed by atoms with Gasteiger partial charge in [-0.15, -0.1) is 0 Å². The van der Waals surface area contributed by atoms with E-state index in [-0.39, 0.29) is 6.42 Å². The summed E-state index contributed by atoms with van der Waals surface area (Å²) >= 11 is 0. The number of carbonyl (C=O) groups excluding carboxylic acids is 1. The fraction of sp³-hybridized carbons (Fsp3) is 0.867. The van der Waals surface area contributed by atoms with Gasteiger partial charge in [-0.2, -0.15) is 0 Å². The fourth-order valence-corrected chi connectivity index (χ4v) is 1.76. The van der Waals surface area contributed by atoms with E-state index >= 15 is 0 Å². The second kappa shape index (κ2) is 9.75. The summed E-state index contributed by atoms with van der Waals surface area (Å²) in [6, 6.07) is 0. The Balaban J connectivity index is 5.62. The highest BCUT2D eigenvalue weighted by Crippen LogP contribution is 2.10. The lowest BCUT2D eigenvalue weighted by atomic mass is 10.1. The zero-order valence-corrected chi connectivity index (χ0v) is 11.9. The van der Waals surface area contributed by atoms with Crippen LogP contribution in [0.2, 0.25) is 0 Å². The number of carboxylic acids is 1. The van der Waals surface area contributed by atoms with Crippen molar-refractivity contribution < 1.29 is 36.3 Å². The molecule has 0 bridgehead atoms. The number of hydrogen-bond acceptors (Lipinski definition) is 3. The van der Waals surface area contributed by atoms with Gasteiger partial charge in [-0.1, -0.05) is 32.6 Å². The van der Waals surface area contributed by atoms with Crippen molar-refractivity contribution in [3.05, 3.63) is 0 Å². The van der Waals surface area contributed by atoms with Gasteiger partial charge in [0.1, 0.15) is 6.54 Å². The van der Waals surface area contributed by atoms with E-state index in [1.54, 1.807) is 0 Å². The molecule has 0 saturated carbocycles. The van der Waals surface area contributed by atoms with Crippen molar-refractivity contribution in [2.45, 2.75) is 58.0 Å². The molecule has 0 fully saturated rings. The quantitative estimate of drug-likeness (QED) is 0.361. The lowest BCUT2D eigenvalue weighted by Gasteiger charge is -2.28. The molecule has 5 nitrogen and oxygen atoms in total. The zero-order chi connectivity index (χ0) is 23.1. The zero-order valence-electron chi connectivity index (χ0n) is 20.9. The number of rotatable bonds is 11. The van der Waals surface area contributed by atoms with Crippen LogP contribution in [0.1, 0.15) is 64.2 Å². The molecule has 0 aromatic rings. The minimum absolute atomic E-state index is 0.0604. The molecule has 0 aliphatic heterocycles. The van der Waals surface area contributed by atoms with Gasteiger partial charge in [0.05, 0.1) is 39.7 Å². The predicted octanol–water partition coefficient (Wildman–Crippen LogP) is 2.44. The predicted molar refractivity (Wildman–Crippen MR) is 78.4 cm³/mol. The number of aliphatic carboxylic acids is 1. The van der Waals surface area contributed by atoms with Gasteiger partial charge in [-0.05, 0) is 6.42 Å². The van der Waals surface area contributed by atoms with Crippen LogP contribution in [-0.2, 0) is 14.3 Å². The van der Waals surface area contributed by atoms with Crippen LogP contribution in [0, 0.1) is 0 Å². The molecular weight excluding hydrogens is 258 g/mol. The minimum Gasteiger partial charge on any atom is -0.481 e. The maximum atomic E-state index is 12.1. The van der Waals surface area contributed by atoms with Crippen LogP contribution < -0.4 is 0 Å². The van der Waals surface area contributed by atoms with E-state index in [2.05, 4.69) is 0 Å². The van der Waals surface area contributed by atoms with E-state index in [9.17, 15) is 9.59 Å². The van der Waals surface area contributed by atoms with Crippen molar-refractivity contribution in [3.8, 4) is 0 Å². The van der Waals surface area contributed by atoms with Crippen LogP contribution in [0.3, 0.4) is 0 Å². The number of hydrogen-bond donors (Lipinski definition) is 1. The van der Waals surface area contributed by atoms with E-state index in [1.807, 2.05) is 6.92 Å². The number of unbranched alkanes of at least 4 members (excludes halogenated alkanes) is 4. The Morgan fingerprint density at radius 1 is 1.20 bits per heavy atom. The molecule has 1 atom stereocenters. The normalized spacial score (nSPS) is 21.6. The smallest absolute Gasteiger partial charge is 0.307 e. The average molecular weight is 297 g/mol. The molecule has 20 heavy (non-hydrogen) atoms. The number of quaternary nitrogens is 1. The van der Waals surface area contributed by atoms with Gasteiger partial charge < -0.3 is 14.3 Å². The molecule has 0 aromatic heterocycles. The van der Waals surface area contributed by atoms with Gasteiger partial charge in [0, 0.05) is 6.42 Å². The first-order chi connectivity index (χ1) is 13.0. The third-order valence-corrected chi connectivity index (χ3v) is 2.66. The number of likely N-dealkylation sites (N-methyl/N-ethyl adjacent to an activating group) is 1. The van der Waals surface area contributed by atoms with Gasteiger partial charge in [0.25, 0.3) is 0 Å². The molecular formula is C15H30NO4+. The SMILES string of the molecule is [2H]C([2H])([2H])[N+](C[C@@H](CC(=O)O)OC(=O)CCCCCCC)(C([2H])([2H])[2H])C([2H])([2H])[2H]. The minimum atomic E-state index is -3.54. The van der Waals surface area contributed by atoms with Crippen molar-refractivity contribution >= 4 is 11.9 Å². The average Bonchev–Trinajstić information content (AvgIpc) is 2.47. The molecule has 0 amide bonds. The maximum absolute atomic E-state index is 12.1. The van der Waals surface area contributed by atoms with Crippen molar-refractivity contribution in [1.82, 2.24) is 0 Å². The van der Waals surface area contributed by atoms with Gasteiger partial charge in [-0.25, -0.2) is 0 Å². The van der Waals surface area contributed by atoms with E-state index in [0.717, 1.165) is 25.7 Å². The first-order valence-corrected chi connectivity index (χ1v) is 6.79.